The number of unbranched alkanes of at least 4 members (excludes halogenated alkanes) is 1. The molecule has 2 aromatic carbocycles. The van der Waals surface area contributed by atoms with Gasteiger partial charge in [0.1, 0.15) is 17.8 Å². The lowest BCUT2D eigenvalue weighted by molar-refractivity contribution is -0.192. The number of hydrogen-bond donors (Lipinski definition) is 5. The Morgan fingerprint density at radius 1 is 0.843 bits per heavy atom. The van der Waals surface area contributed by atoms with E-state index in [1.807, 2.05) is 10.6 Å². The highest BCUT2D eigenvalue weighted by atomic mass is 35.5. The van der Waals surface area contributed by atoms with E-state index in [-0.39, 0.29) is 30.0 Å². The number of benzene rings is 2. The number of rotatable bonds is 15. The first kappa shape index (κ1) is 44.5. The zero-order chi connectivity index (χ0) is 39.3. The Morgan fingerprint density at radius 2 is 1.41 bits per heavy atom. The van der Waals surface area contributed by atoms with Gasteiger partial charge in [-0.3, -0.25) is 19.2 Å². The van der Waals surface area contributed by atoms with Gasteiger partial charge in [0.05, 0.1) is 13.2 Å². The molecular formula is C31H35ClF8N4O7. The topological polar surface area (TPSA) is 177 Å². The fourth-order valence-corrected chi connectivity index (χ4v) is 4.30. The van der Waals surface area contributed by atoms with Crippen LogP contribution < -0.4 is 26.4 Å². The summed E-state index contributed by atoms with van der Waals surface area (Å²) in [6.07, 6.45) is -9.93. The van der Waals surface area contributed by atoms with Crippen LogP contribution in [0.4, 0.5) is 35.1 Å². The number of carboxylic acid groups (broad SMARTS) is 1. The van der Waals surface area contributed by atoms with Gasteiger partial charge in [0.25, 0.3) is 11.7 Å². The number of carboxylic acids is 1. The first-order valence-electron chi connectivity index (χ1n) is 14.8. The number of aliphatic carboxylic acids is 1. The van der Waals surface area contributed by atoms with E-state index >= 15 is 8.78 Å². The summed E-state index contributed by atoms with van der Waals surface area (Å²) in [6, 6.07) is 4.63. The molecule has 0 aliphatic carbocycles. The van der Waals surface area contributed by atoms with Crippen LogP contribution in [0.3, 0.4) is 0 Å². The highest BCUT2D eigenvalue weighted by Crippen LogP contribution is 2.30. The van der Waals surface area contributed by atoms with Gasteiger partial charge in [0.2, 0.25) is 11.8 Å². The Morgan fingerprint density at radius 3 is 1.86 bits per heavy atom. The highest BCUT2D eigenvalue weighted by molar-refractivity contribution is 6.30. The van der Waals surface area contributed by atoms with Gasteiger partial charge in [0.15, 0.2) is 0 Å². The summed E-state index contributed by atoms with van der Waals surface area (Å²) < 4.78 is 107. The molecule has 0 fully saturated rings. The van der Waals surface area contributed by atoms with E-state index in [2.05, 4.69) is 5.32 Å². The van der Waals surface area contributed by atoms with E-state index in [4.69, 9.17) is 32.0 Å². The molecular weight excluding hydrogens is 728 g/mol. The molecule has 284 valence electrons. The first-order chi connectivity index (χ1) is 23.5. The summed E-state index contributed by atoms with van der Waals surface area (Å²) in [5.41, 5.74) is 4.84. The van der Waals surface area contributed by atoms with Crippen LogP contribution in [0.5, 0.6) is 5.75 Å². The van der Waals surface area contributed by atoms with Gasteiger partial charge in [-0.05, 0) is 61.6 Å². The molecule has 11 nitrogen and oxygen atoms in total. The second-order valence-electron chi connectivity index (χ2n) is 11.0. The van der Waals surface area contributed by atoms with E-state index in [0.29, 0.717) is 12.2 Å². The second kappa shape index (κ2) is 19.2. The van der Waals surface area contributed by atoms with Crippen LogP contribution in [0.2, 0.25) is 5.02 Å². The average Bonchev–Trinajstić information content (AvgIpc) is 3.04. The highest BCUT2D eigenvalue weighted by Gasteiger charge is 2.46. The second-order valence-corrected chi connectivity index (χ2v) is 11.4. The number of alkyl halides is 8. The van der Waals surface area contributed by atoms with Crippen molar-refractivity contribution in [2.45, 2.75) is 69.5 Å². The van der Waals surface area contributed by atoms with Crippen molar-refractivity contribution in [2.24, 2.45) is 11.7 Å². The number of ketones is 1. The number of carbonyl (C=O) groups is 5. The van der Waals surface area contributed by atoms with Crippen molar-refractivity contribution in [1.29, 1.82) is 0 Å². The van der Waals surface area contributed by atoms with E-state index < -0.39 is 77.4 Å². The van der Waals surface area contributed by atoms with Crippen molar-refractivity contribution in [3.8, 4) is 5.75 Å². The minimum Gasteiger partial charge on any atom is -0.497 e. The predicted octanol–water partition coefficient (Wildman–Crippen LogP) is 4.82. The number of Topliss-reactive ketones (excluding diaryl/α,β-unsaturated/α-hetero) is 1. The van der Waals surface area contributed by atoms with E-state index in [9.17, 15) is 45.5 Å². The molecule has 0 aliphatic rings. The van der Waals surface area contributed by atoms with Crippen LogP contribution in [0.1, 0.15) is 50.3 Å². The monoisotopic (exact) mass is 762 g/mol. The molecule has 0 aromatic heterocycles. The molecule has 0 saturated carbocycles. The largest absolute Gasteiger partial charge is 0.497 e. The molecule has 0 saturated heterocycles. The zero-order valence-electron chi connectivity index (χ0n) is 27.1. The fourth-order valence-electron chi connectivity index (χ4n) is 4.11. The Hall–Kier alpha value is -4.52. The van der Waals surface area contributed by atoms with E-state index in [1.54, 1.807) is 0 Å². The lowest BCUT2D eigenvalue weighted by Gasteiger charge is -2.28. The maximum atomic E-state index is 15.0. The van der Waals surface area contributed by atoms with Crippen molar-refractivity contribution in [2.75, 3.05) is 13.7 Å². The van der Waals surface area contributed by atoms with Gasteiger partial charge in [-0.25, -0.2) is 4.79 Å². The summed E-state index contributed by atoms with van der Waals surface area (Å²) in [6.45, 7) is 2.78. The standard InChI is InChI=1S/C29H34ClF5N4O5.C2HF3O2/c1-16(2)22(24(40)29(33,34)35)38-26(42)23(17-10-12-20(44-3)13-11-17)39-25(41)21(9-4-5-14-36)37-27(43)28(31,32)18-7-6-8-19(30)15-18;3-2(4,5)1(6)7/h6-8,10-13,15-16,21-23H,4-5,9,14,36H2,1-3H3,(H,37,43)(H,38,42)(H,39,41);(H,6,7). The van der Waals surface area contributed by atoms with Gasteiger partial charge in [-0.15, -0.1) is 0 Å². The Balaban J connectivity index is 0.00000167. The summed E-state index contributed by atoms with van der Waals surface area (Å²) in [5, 5.41) is 13.5. The SMILES string of the molecule is COc1ccc(C(NC(=O)C(CCCCN)NC(=O)C(F)(F)c2cccc(Cl)c2)C(=O)NC(C(=O)C(F)(F)F)C(C)C)cc1.O=C(O)C(F)(F)F. The van der Waals surface area contributed by atoms with Crippen molar-refractivity contribution >= 4 is 41.1 Å². The minimum absolute atomic E-state index is 0.0516. The summed E-state index contributed by atoms with van der Waals surface area (Å²) in [4.78, 5) is 60.4. The molecule has 0 bridgehead atoms. The zero-order valence-corrected chi connectivity index (χ0v) is 27.9. The predicted molar refractivity (Wildman–Crippen MR) is 166 cm³/mol. The van der Waals surface area contributed by atoms with Crippen LogP contribution in [0.15, 0.2) is 48.5 Å². The number of halogens is 9. The van der Waals surface area contributed by atoms with E-state index in [0.717, 1.165) is 12.1 Å². The van der Waals surface area contributed by atoms with Crippen LogP contribution >= 0.6 is 11.6 Å². The third-order valence-electron chi connectivity index (χ3n) is 6.81. The third-order valence-corrected chi connectivity index (χ3v) is 7.04. The van der Waals surface area contributed by atoms with Gasteiger partial charge in [0, 0.05) is 10.6 Å². The lowest BCUT2D eigenvalue weighted by Crippen LogP contribution is -2.55. The molecule has 51 heavy (non-hydrogen) atoms. The molecule has 0 heterocycles. The van der Waals surface area contributed by atoms with Crippen LogP contribution in [-0.2, 0) is 29.9 Å². The first-order valence-corrected chi connectivity index (χ1v) is 15.2. The summed E-state index contributed by atoms with van der Waals surface area (Å²) in [5.74, 6) is -13.8. The van der Waals surface area contributed by atoms with Crippen LogP contribution in [-0.4, -0.2) is 72.7 Å². The van der Waals surface area contributed by atoms with Gasteiger partial charge < -0.3 is 31.5 Å². The Bertz CT molecular complexity index is 1510. The normalized spacial score (nSPS) is 13.5. The molecule has 3 atom stereocenters. The number of methoxy groups -OCH3 is 1. The molecule has 2 aromatic rings. The van der Waals surface area contributed by atoms with Crippen LogP contribution in [0.25, 0.3) is 0 Å². The quantitative estimate of drug-likeness (QED) is 0.127. The number of carbonyl (C=O) groups excluding carboxylic acids is 4. The van der Waals surface area contributed by atoms with Crippen molar-refractivity contribution in [1.82, 2.24) is 16.0 Å². The molecule has 0 spiro atoms. The maximum absolute atomic E-state index is 15.0. The van der Waals surface area contributed by atoms with E-state index in [1.165, 1.54) is 57.4 Å². The van der Waals surface area contributed by atoms with Crippen molar-refractivity contribution < 1.29 is 68.9 Å². The van der Waals surface area contributed by atoms with Crippen LogP contribution in [0, 0.1) is 5.92 Å². The third kappa shape index (κ3) is 14.0. The number of nitrogens with one attached hydrogen (secondary N) is 3. The molecule has 0 aliphatic heterocycles. The molecule has 2 rings (SSSR count). The smallest absolute Gasteiger partial charge is 0.490 e. The van der Waals surface area contributed by atoms with Crippen molar-refractivity contribution in [3.05, 3.63) is 64.7 Å². The van der Waals surface area contributed by atoms with Gasteiger partial charge in [-0.2, -0.15) is 35.1 Å². The molecule has 0 radical (unpaired) electrons. The average molecular weight is 763 g/mol. The Labute approximate surface area is 291 Å². The molecule has 6 N–H and O–H groups in total. The fraction of sp³-hybridized carbons (Fsp3) is 0.452. The molecule has 20 heteroatoms. The lowest BCUT2D eigenvalue weighted by atomic mass is 9.97. The summed E-state index contributed by atoms with van der Waals surface area (Å²) >= 11 is 5.79. The number of hydrogen-bond acceptors (Lipinski definition) is 7. The molecule has 3 unspecified atom stereocenters. The number of ether oxygens (including phenoxy) is 1. The minimum atomic E-state index is -5.26. The number of nitrogens with two attached hydrogens (primary N) is 1. The Kier molecular flexibility index (Phi) is 16.7. The van der Waals surface area contributed by atoms with Gasteiger partial charge >= 0.3 is 24.2 Å². The number of amides is 3. The van der Waals surface area contributed by atoms with Gasteiger partial charge in [-0.1, -0.05) is 49.7 Å². The molecule has 3 amide bonds. The van der Waals surface area contributed by atoms with Crippen molar-refractivity contribution in [3.63, 3.8) is 0 Å². The maximum Gasteiger partial charge on any atom is 0.490 e. The summed E-state index contributed by atoms with van der Waals surface area (Å²) in [7, 11) is 1.37.